The maximum absolute atomic E-state index is 9.39. The molecule has 1 saturated carbocycles. The molecule has 0 atom stereocenters. The molecule has 3 rings (SSSR count). The highest BCUT2D eigenvalue weighted by molar-refractivity contribution is 6.59. The monoisotopic (exact) mass is 260 g/mol. The van der Waals surface area contributed by atoms with Crippen molar-refractivity contribution in [2.45, 2.75) is 25.4 Å². The van der Waals surface area contributed by atoms with Gasteiger partial charge in [-0.15, -0.1) is 0 Å². The predicted octanol–water partition coefficient (Wildman–Crippen LogP) is -0.354. The van der Waals surface area contributed by atoms with Crippen LogP contribution in [0.25, 0.3) is 0 Å². The second-order valence-corrected chi connectivity index (χ2v) is 5.62. The summed E-state index contributed by atoms with van der Waals surface area (Å²) >= 11 is 0. The summed E-state index contributed by atoms with van der Waals surface area (Å²) in [7, 11) is -1.37. The van der Waals surface area contributed by atoms with Crippen LogP contribution in [0.2, 0.25) is 0 Å². The van der Waals surface area contributed by atoms with E-state index in [9.17, 15) is 10.0 Å². The van der Waals surface area contributed by atoms with Crippen molar-refractivity contribution in [2.24, 2.45) is 0 Å². The van der Waals surface area contributed by atoms with E-state index in [4.69, 9.17) is 0 Å². The first-order chi connectivity index (χ1) is 9.24. The highest BCUT2D eigenvalue weighted by Crippen LogP contribution is 2.27. The Hall–Kier alpha value is -0.875. The summed E-state index contributed by atoms with van der Waals surface area (Å²) in [5.41, 5.74) is 1.66. The third kappa shape index (κ3) is 3.18. The number of hydrogen-bond donors (Lipinski definition) is 2. The molecule has 1 aliphatic carbocycles. The Labute approximate surface area is 114 Å². The Morgan fingerprint density at radius 3 is 2.37 bits per heavy atom. The van der Waals surface area contributed by atoms with Crippen LogP contribution in [-0.4, -0.2) is 59.2 Å². The molecule has 1 aliphatic heterocycles. The Kier molecular flexibility index (Phi) is 3.89. The van der Waals surface area contributed by atoms with Gasteiger partial charge in [0.25, 0.3) is 0 Å². The molecule has 0 bridgehead atoms. The van der Waals surface area contributed by atoms with Crippen molar-refractivity contribution in [3.63, 3.8) is 0 Å². The zero-order valence-corrected chi connectivity index (χ0v) is 11.2. The summed E-state index contributed by atoms with van der Waals surface area (Å²) in [4.78, 5) is 4.99. The molecule has 102 valence electrons. The van der Waals surface area contributed by atoms with Gasteiger partial charge in [0.1, 0.15) is 0 Å². The maximum Gasteiger partial charge on any atom is 0.488 e. The van der Waals surface area contributed by atoms with Gasteiger partial charge in [-0.2, -0.15) is 0 Å². The third-order valence-corrected chi connectivity index (χ3v) is 4.20. The number of benzene rings is 1. The van der Waals surface area contributed by atoms with Crippen molar-refractivity contribution in [1.29, 1.82) is 0 Å². The van der Waals surface area contributed by atoms with E-state index in [1.807, 2.05) is 18.2 Å². The van der Waals surface area contributed by atoms with Crippen molar-refractivity contribution in [3.8, 4) is 0 Å². The fraction of sp³-hybridized carbons (Fsp3) is 0.571. The Morgan fingerprint density at radius 2 is 1.74 bits per heavy atom. The minimum absolute atomic E-state index is 0.632. The van der Waals surface area contributed by atoms with Crippen LogP contribution in [0.1, 0.15) is 18.4 Å². The lowest BCUT2D eigenvalue weighted by atomic mass is 9.77. The van der Waals surface area contributed by atoms with Gasteiger partial charge < -0.3 is 10.0 Å². The first-order valence-electron chi connectivity index (χ1n) is 7.14. The minimum atomic E-state index is -1.37. The summed E-state index contributed by atoms with van der Waals surface area (Å²) in [6.45, 7) is 5.26. The van der Waals surface area contributed by atoms with Gasteiger partial charge in [-0.1, -0.05) is 24.3 Å². The standard InChI is InChI=1S/C14H21BN2O2/c18-15(19)14-4-2-1-3-12(14)11-16-7-9-17(10-8-16)13-5-6-13/h1-4,13,18-19H,5-11H2. The maximum atomic E-state index is 9.39. The molecule has 0 unspecified atom stereocenters. The van der Waals surface area contributed by atoms with Gasteiger partial charge in [0, 0.05) is 38.8 Å². The van der Waals surface area contributed by atoms with E-state index < -0.39 is 7.12 Å². The summed E-state index contributed by atoms with van der Waals surface area (Å²) in [6.07, 6.45) is 2.75. The number of hydrogen-bond acceptors (Lipinski definition) is 4. The molecule has 1 aromatic carbocycles. The van der Waals surface area contributed by atoms with E-state index >= 15 is 0 Å². The lowest BCUT2D eigenvalue weighted by Crippen LogP contribution is -2.47. The Bertz CT molecular complexity index is 429. The zero-order chi connectivity index (χ0) is 13.2. The van der Waals surface area contributed by atoms with Gasteiger partial charge in [-0.3, -0.25) is 9.80 Å². The number of rotatable bonds is 4. The summed E-state index contributed by atoms with van der Waals surface area (Å²) < 4.78 is 0. The normalized spacial score (nSPS) is 21.6. The predicted molar refractivity (Wildman–Crippen MR) is 76.1 cm³/mol. The van der Waals surface area contributed by atoms with Crippen LogP contribution < -0.4 is 5.46 Å². The van der Waals surface area contributed by atoms with Crippen LogP contribution in [0.15, 0.2) is 24.3 Å². The molecule has 2 fully saturated rings. The average molecular weight is 260 g/mol. The zero-order valence-electron chi connectivity index (χ0n) is 11.2. The van der Waals surface area contributed by atoms with Gasteiger partial charge in [0.15, 0.2) is 0 Å². The summed E-state index contributed by atoms with van der Waals surface area (Å²) in [5.74, 6) is 0. The topological polar surface area (TPSA) is 46.9 Å². The van der Waals surface area contributed by atoms with E-state index in [0.717, 1.165) is 44.3 Å². The van der Waals surface area contributed by atoms with Crippen molar-refractivity contribution in [3.05, 3.63) is 29.8 Å². The van der Waals surface area contributed by atoms with E-state index in [1.165, 1.54) is 12.8 Å². The lowest BCUT2D eigenvalue weighted by molar-refractivity contribution is 0.121. The SMILES string of the molecule is OB(O)c1ccccc1CN1CCN(C2CC2)CC1. The van der Waals surface area contributed by atoms with Gasteiger partial charge in [-0.05, 0) is 23.9 Å². The second kappa shape index (κ2) is 5.63. The lowest BCUT2D eigenvalue weighted by Gasteiger charge is -2.35. The molecule has 0 amide bonds. The quantitative estimate of drug-likeness (QED) is 0.726. The van der Waals surface area contributed by atoms with Crippen molar-refractivity contribution in [2.75, 3.05) is 26.2 Å². The van der Waals surface area contributed by atoms with Crippen molar-refractivity contribution >= 4 is 12.6 Å². The van der Waals surface area contributed by atoms with E-state index in [1.54, 1.807) is 6.07 Å². The molecule has 1 aromatic rings. The first kappa shape index (κ1) is 13.1. The largest absolute Gasteiger partial charge is 0.488 e. The van der Waals surface area contributed by atoms with Crippen LogP contribution in [0.3, 0.4) is 0 Å². The average Bonchev–Trinajstić information content (AvgIpc) is 3.24. The molecular formula is C14H21BN2O2. The first-order valence-corrected chi connectivity index (χ1v) is 7.14. The number of piperazine rings is 1. The van der Waals surface area contributed by atoms with Gasteiger partial charge in [0.05, 0.1) is 0 Å². The molecule has 4 nitrogen and oxygen atoms in total. The highest BCUT2D eigenvalue weighted by atomic mass is 16.4. The molecule has 0 spiro atoms. The van der Waals surface area contributed by atoms with E-state index in [2.05, 4.69) is 9.80 Å². The fourth-order valence-electron chi connectivity index (χ4n) is 2.90. The van der Waals surface area contributed by atoms with Crippen LogP contribution in [0.4, 0.5) is 0 Å². The van der Waals surface area contributed by atoms with E-state index in [-0.39, 0.29) is 0 Å². The molecule has 0 aromatic heterocycles. The van der Waals surface area contributed by atoms with Crippen molar-refractivity contribution in [1.82, 2.24) is 9.80 Å². The molecular weight excluding hydrogens is 239 g/mol. The van der Waals surface area contributed by atoms with Crippen LogP contribution in [0.5, 0.6) is 0 Å². The van der Waals surface area contributed by atoms with Crippen LogP contribution >= 0.6 is 0 Å². The third-order valence-electron chi connectivity index (χ3n) is 4.20. The molecule has 2 aliphatic rings. The molecule has 19 heavy (non-hydrogen) atoms. The van der Waals surface area contributed by atoms with Gasteiger partial charge >= 0.3 is 7.12 Å². The van der Waals surface area contributed by atoms with Crippen molar-refractivity contribution < 1.29 is 10.0 Å². The van der Waals surface area contributed by atoms with E-state index in [0.29, 0.717) is 5.46 Å². The summed E-state index contributed by atoms with van der Waals surface area (Å²) in [6, 6.07) is 8.45. The Morgan fingerprint density at radius 1 is 1.05 bits per heavy atom. The molecule has 2 N–H and O–H groups in total. The van der Waals surface area contributed by atoms with Gasteiger partial charge in [0.2, 0.25) is 0 Å². The second-order valence-electron chi connectivity index (χ2n) is 5.62. The molecule has 1 heterocycles. The number of nitrogens with zero attached hydrogens (tertiary/aromatic N) is 2. The molecule has 1 saturated heterocycles. The fourth-order valence-corrected chi connectivity index (χ4v) is 2.90. The molecule has 0 radical (unpaired) electrons. The van der Waals surface area contributed by atoms with Gasteiger partial charge in [-0.25, -0.2) is 0 Å². The summed E-state index contributed by atoms with van der Waals surface area (Å²) in [5, 5.41) is 18.8. The Balaban J connectivity index is 1.59. The smallest absolute Gasteiger partial charge is 0.423 e. The molecule has 5 heteroatoms. The minimum Gasteiger partial charge on any atom is -0.423 e. The van der Waals surface area contributed by atoms with Crippen LogP contribution in [0, 0.1) is 0 Å². The van der Waals surface area contributed by atoms with Crippen LogP contribution in [-0.2, 0) is 6.54 Å². The highest BCUT2D eigenvalue weighted by Gasteiger charge is 2.31.